The van der Waals surface area contributed by atoms with Crippen LogP contribution in [0.5, 0.6) is 5.75 Å². The van der Waals surface area contributed by atoms with Crippen LogP contribution in [0, 0.1) is 6.92 Å². The molecule has 1 heterocycles. The summed E-state index contributed by atoms with van der Waals surface area (Å²) in [7, 11) is 1.43. The topological polar surface area (TPSA) is 47.6 Å². The van der Waals surface area contributed by atoms with Crippen molar-refractivity contribution < 1.29 is 14.3 Å². The Morgan fingerprint density at radius 1 is 1.03 bits per heavy atom. The van der Waals surface area contributed by atoms with E-state index in [1.165, 1.54) is 23.4 Å². The normalized spacial score (nSPS) is 17.4. The van der Waals surface area contributed by atoms with E-state index in [0.717, 1.165) is 35.4 Å². The van der Waals surface area contributed by atoms with E-state index in [2.05, 4.69) is 66.8 Å². The molecule has 1 aliphatic heterocycles. The molecular weight excluding hydrogens is 470 g/mol. The smallest absolute Gasteiger partial charge is 0.338 e. The van der Waals surface area contributed by atoms with Crippen molar-refractivity contribution in [2.24, 2.45) is 0 Å². The van der Waals surface area contributed by atoms with Crippen molar-refractivity contribution in [2.75, 3.05) is 13.7 Å². The number of methoxy groups -OCH3 is 1. The SMILES string of the molecule is COC(=O)c1cc(C2C[C@H](CNC(C)c3cccc4ccccc34)Oc3ccccc32)ccc1C.Cl. The molecule has 0 radical (unpaired) electrons. The number of benzene rings is 4. The lowest BCUT2D eigenvalue weighted by molar-refractivity contribution is 0.0599. The Morgan fingerprint density at radius 2 is 1.78 bits per heavy atom. The van der Waals surface area contributed by atoms with Crippen LogP contribution in [0.2, 0.25) is 0 Å². The number of nitrogens with one attached hydrogen (secondary N) is 1. The van der Waals surface area contributed by atoms with Gasteiger partial charge in [-0.25, -0.2) is 4.79 Å². The summed E-state index contributed by atoms with van der Waals surface area (Å²) in [6, 6.07) is 29.5. The van der Waals surface area contributed by atoms with Crippen molar-refractivity contribution in [3.05, 3.63) is 113 Å². The minimum Gasteiger partial charge on any atom is -0.489 e. The maximum absolute atomic E-state index is 12.3. The Kier molecular flexibility index (Phi) is 7.97. The summed E-state index contributed by atoms with van der Waals surface area (Å²) >= 11 is 0. The van der Waals surface area contributed by atoms with Crippen molar-refractivity contribution in [1.82, 2.24) is 5.32 Å². The largest absolute Gasteiger partial charge is 0.489 e. The molecule has 0 spiro atoms. The lowest BCUT2D eigenvalue weighted by Crippen LogP contribution is -2.37. The molecule has 1 N–H and O–H groups in total. The van der Waals surface area contributed by atoms with E-state index in [0.29, 0.717) is 5.56 Å². The third-order valence-corrected chi connectivity index (χ3v) is 7.10. The molecule has 0 aromatic heterocycles. The number of fused-ring (bicyclic) bond motifs is 2. The molecule has 5 rings (SSSR count). The lowest BCUT2D eigenvalue weighted by atomic mass is 9.83. The van der Waals surface area contributed by atoms with Crippen molar-refractivity contribution in [1.29, 1.82) is 0 Å². The Labute approximate surface area is 219 Å². The highest BCUT2D eigenvalue weighted by Crippen LogP contribution is 2.41. The molecule has 0 bridgehead atoms. The van der Waals surface area contributed by atoms with Crippen LogP contribution < -0.4 is 10.1 Å². The zero-order valence-electron chi connectivity index (χ0n) is 20.9. The Balaban J connectivity index is 0.00000304. The summed E-state index contributed by atoms with van der Waals surface area (Å²) in [5.74, 6) is 0.754. The van der Waals surface area contributed by atoms with Gasteiger partial charge in [-0.05, 0) is 59.9 Å². The molecule has 3 atom stereocenters. The number of carbonyl (C=O) groups excluding carboxylic acids is 1. The molecule has 4 aromatic rings. The summed E-state index contributed by atoms with van der Waals surface area (Å²) in [4.78, 5) is 12.3. The van der Waals surface area contributed by atoms with Gasteiger partial charge in [0.05, 0.1) is 12.7 Å². The maximum Gasteiger partial charge on any atom is 0.338 e. The number of ether oxygens (including phenoxy) is 2. The third-order valence-electron chi connectivity index (χ3n) is 7.10. The van der Waals surface area contributed by atoms with E-state index < -0.39 is 0 Å². The first-order valence-electron chi connectivity index (χ1n) is 12.2. The van der Waals surface area contributed by atoms with Crippen molar-refractivity contribution in [3.8, 4) is 5.75 Å². The monoisotopic (exact) mass is 501 g/mol. The van der Waals surface area contributed by atoms with Crippen LogP contribution in [0.4, 0.5) is 0 Å². The number of hydrogen-bond acceptors (Lipinski definition) is 4. The van der Waals surface area contributed by atoms with Crippen LogP contribution >= 0.6 is 12.4 Å². The Bertz CT molecular complexity index is 1360. The van der Waals surface area contributed by atoms with E-state index in [1.807, 2.05) is 37.3 Å². The second-order valence-corrected chi connectivity index (χ2v) is 9.33. The first-order chi connectivity index (χ1) is 17.0. The average molecular weight is 502 g/mol. The molecule has 36 heavy (non-hydrogen) atoms. The molecule has 0 fully saturated rings. The quantitative estimate of drug-likeness (QED) is 0.289. The van der Waals surface area contributed by atoms with Crippen LogP contribution in [0.3, 0.4) is 0 Å². The molecule has 2 unspecified atom stereocenters. The Hall–Kier alpha value is -3.34. The van der Waals surface area contributed by atoms with Gasteiger partial charge in [0.15, 0.2) is 0 Å². The summed E-state index contributed by atoms with van der Waals surface area (Å²) < 4.78 is 11.4. The van der Waals surface area contributed by atoms with Crippen molar-refractivity contribution >= 4 is 29.1 Å². The van der Waals surface area contributed by atoms with Gasteiger partial charge in [0.1, 0.15) is 11.9 Å². The molecule has 0 amide bonds. The predicted molar refractivity (Wildman–Crippen MR) is 147 cm³/mol. The van der Waals surface area contributed by atoms with Gasteiger partial charge >= 0.3 is 5.97 Å². The van der Waals surface area contributed by atoms with Gasteiger partial charge < -0.3 is 14.8 Å². The van der Waals surface area contributed by atoms with E-state index in [-0.39, 0.29) is 36.4 Å². The molecule has 0 saturated heterocycles. The number of esters is 1. The second kappa shape index (κ2) is 11.2. The molecule has 4 nitrogen and oxygen atoms in total. The van der Waals surface area contributed by atoms with E-state index in [1.54, 1.807) is 0 Å². The number of halogens is 1. The summed E-state index contributed by atoms with van der Waals surface area (Å²) in [6.07, 6.45) is 0.839. The maximum atomic E-state index is 12.3. The van der Waals surface area contributed by atoms with Gasteiger partial charge in [-0.3, -0.25) is 0 Å². The first-order valence-corrected chi connectivity index (χ1v) is 12.2. The number of hydrogen-bond donors (Lipinski definition) is 1. The first kappa shape index (κ1) is 25.7. The number of rotatable bonds is 6. The fraction of sp³-hybridized carbons (Fsp3) is 0.258. The Morgan fingerprint density at radius 3 is 2.61 bits per heavy atom. The fourth-order valence-electron chi connectivity index (χ4n) is 5.17. The molecule has 0 aliphatic carbocycles. The minimum atomic E-state index is -0.299. The van der Waals surface area contributed by atoms with Crippen LogP contribution in [-0.2, 0) is 4.74 Å². The zero-order chi connectivity index (χ0) is 24.4. The summed E-state index contributed by atoms with van der Waals surface area (Å²) in [6.45, 7) is 4.87. The van der Waals surface area contributed by atoms with E-state index >= 15 is 0 Å². The second-order valence-electron chi connectivity index (χ2n) is 9.33. The van der Waals surface area contributed by atoms with Gasteiger partial charge in [0, 0.05) is 24.1 Å². The molecule has 0 saturated carbocycles. The predicted octanol–water partition coefficient (Wildman–Crippen LogP) is 6.99. The van der Waals surface area contributed by atoms with Gasteiger partial charge in [-0.2, -0.15) is 0 Å². The van der Waals surface area contributed by atoms with E-state index in [4.69, 9.17) is 9.47 Å². The number of aryl methyl sites for hydroxylation is 1. The van der Waals surface area contributed by atoms with Gasteiger partial charge in [-0.15, -0.1) is 12.4 Å². The third kappa shape index (κ3) is 5.11. The minimum absolute atomic E-state index is 0. The van der Waals surface area contributed by atoms with Crippen LogP contribution in [-0.4, -0.2) is 25.7 Å². The van der Waals surface area contributed by atoms with Crippen LogP contribution in [0.25, 0.3) is 10.8 Å². The fourth-order valence-corrected chi connectivity index (χ4v) is 5.17. The molecule has 186 valence electrons. The standard InChI is InChI=1S/C31H31NO3.ClH/c1-20-15-16-23(17-28(20)31(33)34-3)29-18-24(35-30-14-7-6-12-27(29)30)19-32-21(2)25-13-8-10-22-9-4-5-11-26(22)25;/h4-17,21,24,29,32H,18-19H2,1-3H3;1H/t21?,24-,29?;/m1./s1. The van der Waals surface area contributed by atoms with Gasteiger partial charge in [0.2, 0.25) is 0 Å². The van der Waals surface area contributed by atoms with Crippen molar-refractivity contribution in [2.45, 2.75) is 38.3 Å². The highest BCUT2D eigenvalue weighted by Gasteiger charge is 2.30. The highest BCUT2D eigenvalue weighted by molar-refractivity contribution is 5.91. The number of carbonyl (C=O) groups is 1. The molecular formula is C31H32ClNO3. The van der Waals surface area contributed by atoms with Crippen LogP contribution in [0.1, 0.15) is 57.9 Å². The van der Waals surface area contributed by atoms with Gasteiger partial charge in [0.25, 0.3) is 0 Å². The van der Waals surface area contributed by atoms with Gasteiger partial charge in [-0.1, -0.05) is 72.8 Å². The van der Waals surface area contributed by atoms with Crippen molar-refractivity contribution in [3.63, 3.8) is 0 Å². The molecule has 1 aliphatic rings. The van der Waals surface area contributed by atoms with Crippen LogP contribution in [0.15, 0.2) is 84.9 Å². The van der Waals surface area contributed by atoms with E-state index in [9.17, 15) is 4.79 Å². The highest BCUT2D eigenvalue weighted by atomic mass is 35.5. The lowest BCUT2D eigenvalue weighted by Gasteiger charge is -2.33. The zero-order valence-corrected chi connectivity index (χ0v) is 21.7. The summed E-state index contributed by atoms with van der Waals surface area (Å²) in [5.41, 5.74) is 5.10. The average Bonchev–Trinajstić information content (AvgIpc) is 2.90. The molecule has 5 heteroatoms. The molecule has 4 aromatic carbocycles. The summed E-state index contributed by atoms with van der Waals surface area (Å²) in [5, 5.41) is 6.24. The number of para-hydroxylation sites is 1.